The first-order chi connectivity index (χ1) is 10.1. The topological polar surface area (TPSA) is 60.7 Å². The van der Waals surface area contributed by atoms with Crippen LogP contribution in [0.15, 0.2) is 24.3 Å². The molecule has 2 aromatic rings. The Bertz CT molecular complexity index is 670. The van der Waals surface area contributed by atoms with Gasteiger partial charge in [0, 0.05) is 16.6 Å². The van der Waals surface area contributed by atoms with Crippen LogP contribution in [0.3, 0.4) is 0 Å². The van der Waals surface area contributed by atoms with Gasteiger partial charge in [0.25, 0.3) is 0 Å². The number of fused-ring (bicyclic) bond motifs is 1. The SMILES string of the molecule is Cc1c(C(=O)O)c2ccccc2n1C(C)C1COCCO1. The van der Waals surface area contributed by atoms with E-state index < -0.39 is 5.97 Å². The Morgan fingerprint density at radius 1 is 1.38 bits per heavy atom. The number of carbonyl (C=O) groups is 1. The monoisotopic (exact) mass is 289 g/mol. The maximum Gasteiger partial charge on any atom is 0.338 e. The van der Waals surface area contributed by atoms with Gasteiger partial charge in [-0.25, -0.2) is 4.79 Å². The van der Waals surface area contributed by atoms with Crippen molar-refractivity contribution >= 4 is 16.9 Å². The normalized spacial score (nSPS) is 20.6. The molecule has 1 aliphatic rings. The maximum atomic E-state index is 11.6. The molecule has 2 atom stereocenters. The summed E-state index contributed by atoms with van der Waals surface area (Å²) in [6.07, 6.45) is -0.0603. The molecular weight excluding hydrogens is 270 g/mol. The van der Waals surface area contributed by atoms with Crippen molar-refractivity contribution in [3.05, 3.63) is 35.5 Å². The third-order valence-corrected chi connectivity index (χ3v) is 4.16. The number of carboxylic acids is 1. The Kier molecular flexibility index (Phi) is 3.69. The Labute approximate surface area is 123 Å². The van der Waals surface area contributed by atoms with Crippen molar-refractivity contribution in [3.63, 3.8) is 0 Å². The molecule has 0 aliphatic carbocycles. The molecule has 0 radical (unpaired) electrons. The number of ether oxygens (including phenoxy) is 2. The number of hydrogen-bond donors (Lipinski definition) is 1. The summed E-state index contributed by atoms with van der Waals surface area (Å²) in [5.41, 5.74) is 2.05. The van der Waals surface area contributed by atoms with Gasteiger partial charge in [0.2, 0.25) is 0 Å². The zero-order valence-corrected chi connectivity index (χ0v) is 12.2. The first-order valence-electron chi connectivity index (χ1n) is 7.13. The average molecular weight is 289 g/mol. The van der Waals surface area contributed by atoms with Gasteiger partial charge >= 0.3 is 5.97 Å². The van der Waals surface area contributed by atoms with E-state index in [4.69, 9.17) is 9.47 Å². The molecule has 2 unspecified atom stereocenters. The predicted molar refractivity (Wildman–Crippen MR) is 78.9 cm³/mol. The third kappa shape index (κ3) is 2.32. The summed E-state index contributed by atoms with van der Waals surface area (Å²) >= 11 is 0. The van der Waals surface area contributed by atoms with Gasteiger partial charge in [-0.3, -0.25) is 0 Å². The Morgan fingerprint density at radius 2 is 2.14 bits per heavy atom. The largest absolute Gasteiger partial charge is 0.478 e. The quantitative estimate of drug-likeness (QED) is 0.943. The van der Waals surface area contributed by atoms with Crippen molar-refractivity contribution in [2.45, 2.75) is 26.0 Å². The standard InChI is InChI=1S/C16H19NO4/c1-10(14-9-20-7-8-21-14)17-11(2)15(16(18)19)12-5-3-4-6-13(12)17/h3-6,10,14H,7-9H2,1-2H3,(H,18,19). The fourth-order valence-electron chi connectivity index (χ4n) is 3.14. The Balaban J connectivity index is 2.13. The van der Waals surface area contributed by atoms with Crippen LogP contribution in [-0.2, 0) is 9.47 Å². The summed E-state index contributed by atoms with van der Waals surface area (Å²) in [6, 6.07) is 7.61. The minimum absolute atomic E-state index is 0.0169. The van der Waals surface area contributed by atoms with E-state index in [0.29, 0.717) is 25.4 Å². The average Bonchev–Trinajstić information content (AvgIpc) is 2.79. The lowest BCUT2D eigenvalue weighted by Crippen LogP contribution is -2.35. The van der Waals surface area contributed by atoms with Crippen LogP contribution in [-0.4, -0.2) is 41.6 Å². The van der Waals surface area contributed by atoms with Gasteiger partial charge in [0.15, 0.2) is 0 Å². The van der Waals surface area contributed by atoms with Crippen LogP contribution in [0.5, 0.6) is 0 Å². The molecule has 1 fully saturated rings. The lowest BCUT2D eigenvalue weighted by Gasteiger charge is -2.30. The van der Waals surface area contributed by atoms with Crippen molar-refractivity contribution in [2.75, 3.05) is 19.8 Å². The fourth-order valence-corrected chi connectivity index (χ4v) is 3.14. The summed E-state index contributed by atoms with van der Waals surface area (Å²) in [4.78, 5) is 11.6. The van der Waals surface area contributed by atoms with E-state index in [2.05, 4.69) is 4.57 Å². The van der Waals surface area contributed by atoms with Crippen molar-refractivity contribution in [3.8, 4) is 0 Å². The molecule has 1 aromatic heterocycles. The predicted octanol–water partition coefficient (Wildman–Crippen LogP) is 2.62. The molecule has 0 saturated carbocycles. The van der Waals surface area contributed by atoms with E-state index in [9.17, 15) is 9.90 Å². The molecule has 3 rings (SSSR count). The molecule has 1 aliphatic heterocycles. The lowest BCUT2D eigenvalue weighted by atomic mass is 10.1. The van der Waals surface area contributed by atoms with Gasteiger partial charge < -0.3 is 19.1 Å². The van der Waals surface area contributed by atoms with Crippen molar-refractivity contribution in [1.29, 1.82) is 0 Å². The van der Waals surface area contributed by atoms with Crippen molar-refractivity contribution in [2.24, 2.45) is 0 Å². The second kappa shape index (κ2) is 5.50. The van der Waals surface area contributed by atoms with Crippen LogP contribution in [0, 0.1) is 6.92 Å². The number of aromatic nitrogens is 1. The summed E-state index contributed by atoms with van der Waals surface area (Å²) in [7, 11) is 0. The van der Waals surface area contributed by atoms with Crippen molar-refractivity contribution < 1.29 is 19.4 Å². The van der Waals surface area contributed by atoms with Gasteiger partial charge in [-0.2, -0.15) is 0 Å². The van der Waals surface area contributed by atoms with Gasteiger partial charge in [0.05, 0.1) is 31.4 Å². The van der Waals surface area contributed by atoms with E-state index in [1.165, 1.54) is 0 Å². The third-order valence-electron chi connectivity index (χ3n) is 4.16. The molecule has 1 saturated heterocycles. The lowest BCUT2D eigenvalue weighted by molar-refractivity contribution is -0.104. The number of aromatic carboxylic acids is 1. The zero-order valence-electron chi connectivity index (χ0n) is 12.2. The van der Waals surface area contributed by atoms with Gasteiger partial charge in [-0.15, -0.1) is 0 Å². The van der Waals surface area contributed by atoms with Crippen LogP contribution >= 0.6 is 0 Å². The van der Waals surface area contributed by atoms with Crippen LogP contribution in [0.1, 0.15) is 29.0 Å². The summed E-state index contributed by atoms with van der Waals surface area (Å²) < 4.78 is 13.3. The minimum Gasteiger partial charge on any atom is -0.478 e. The van der Waals surface area contributed by atoms with Gasteiger partial charge in [0.1, 0.15) is 6.10 Å². The Hall–Kier alpha value is -1.85. The smallest absolute Gasteiger partial charge is 0.338 e. The minimum atomic E-state index is -0.893. The highest BCUT2D eigenvalue weighted by molar-refractivity contribution is 6.05. The molecule has 21 heavy (non-hydrogen) atoms. The molecule has 5 heteroatoms. The number of hydrogen-bond acceptors (Lipinski definition) is 3. The highest BCUT2D eigenvalue weighted by Crippen LogP contribution is 2.31. The van der Waals surface area contributed by atoms with Gasteiger partial charge in [-0.1, -0.05) is 18.2 Å². The summed E-state index contributed by atoms with van der Waals surface area (Å²) in [5, 5.41) is 10.3. The number of para-hydroxylation sites is 1. The van der Waals surface area contributed by atoms with Crippen LogP contribution in [0.2, 0.25) is 0 Å². The molecule has 5 nitrogen and oxygen atoms in total. The fraction of sp³-hybridized carbons (Fsp3) is 0.438. The van der Waals surface area contributed by atoms with Crippen LogP contribution in [0.4, 0.5) is 0 Å². The zero-order chi connectivity index (χ0) is 15.0. The number of carboxylic acid groups (broad SMARTS) is 1. The van der Waals surface area contributed by atoms with E-state index in [0.717, 1.165) is 16.6 Å². The first kappa shape index (κ1) is 14.1. The molecule has 0 bridgehead atoms. The molecule has 0 spiro atoms. The van der Waals surface area contributed by atoms with E-state index in [-0.39, 0.29) is 12.1 Å². The number of rotatable bonds is 3. The van der Waals surface area contributed by atoms with E-state index in [1.54, 1.807) is 0 Å². The first-order valence-corrected chi connectivity index (χ1v) is 7.13. The molecule has 0 amide bonds. The summed E-state index contributed by atoms with van der Waals surface area (Å²) in [6.45, 7) is 5.64. The second-order valence-electron chi connectivity index (χ2n) is 5.38. The van der Waals surface area contributed by atoms with Gasteiger partial charge in [-0.05, 0) is 19.9 Å². The van der Waals surface area contributed by atoms with E-state index in [1.807, 2.05) is 38.1 Å². The van der Waals surface area contributed by atoms with E-state index >= 15 is 0 Å². The molecular formula is C16H19NO4. The van der Waals surface area contributed by atoms with Crippen LogP contribution < -0.4 is 0 Å². The highest BCUT2D eigenvalue weighted by Gasteiger charge is 2.28. The number of benzene rings is 1. The maximum absolute atomic E-state index is 11.6. The Morgan fingerprint density at radius 3 is 2.81 bits per heavy atom. The number of nitrogens with zero attached hydrogens (tertiary/aromatic N) is 1. The summed E-state index contributed by atoms with van der Waals surface area (Å²) in [5.74, 6) is -0.893. The molecule has 2 heterocycles. The second-order valence-corrected chi connectivity index (χ2v) is 5.38. The van der Waals surface area contributed by atoms with Crippen LogP contribution in [0.25, 0.3) is 10.9 Å². The molecule has 1 aromatic carbocycles. The van der Waals surface area contributed by atoms with Crippen molar-refractivity contribution in [1.82, 2.24) is 4.57 Å². The molecule has 1 N–H and O–H groups in total. The highest BCUT2D eigenvalue weighted by atomic mass is 16.6. The molecule has 112 valence electrons.